The first-order chi connectivity index (χ1) is 16.3. The highest BCUT2D eigenvalue weighted by Gasteiger charge is 2.41. The predicted molar refractivity (Wildman–Crippen MR) is 119 cm³/mol. The number of hydrogen-bond donors (Lipinski definition) is 1. The first kappa shape index (κ1) is 23.9. The zero-order valence-corrected chi connectivity index (χ0v) is 19.1. The van der Waals surface area contributed by atoms with Gasteiger partial charge < -0.3 is 25.0 Å². The molecule has 4 rings (SSSR count). The van der Waals surface area contributed by atoms with Gasteiger partial charge in [-0.1, -0.05) is 0 Å². The number of nitrogens with two attached hydrogens (primary N) is 1. The molecule has 0 saturated carbocycles. The fourth-order valence-electron chi connectivity index (χ4n) is 3.87. The SMILES string of the molecule is NC(=O)[C@H]1CN(C(=O)N2CCOCC2)CCN1S(=O)(=O)c1ccc(Oc2ccc(F)cc2)cc1. The monoisotopic (exact) mass is 492 g/mol. The second kappa shape index (κ2) is 9.95. The molecule has 0 radical (unpaired) electrons. The van der Waals surface area contributed by atoms with Crippen LogP contribution in [0.15, 0.2) is 53.4 Å². The molecule has 2 aromatic carbocycles. The molecule has 2 heterocycles. The third-order valence-electron chi connectivity index (χ3n) is 5.69. The van der Waals surface area contributed by atoms with Crippen LogP contribution in [0.1, 0.15) is 0 Å². The minimum atomic E-state index is -4.07. The highest BCUT2D eigenvalue weighted by Crippen LogP contribution is 2.26. The Labute approximate surface area is 196 Å². The van der Waals surface area contributed by atoms with Crippen LogP contribution >= 0.6 is 0 Å². The maximum Gasteiger partial charge on any atom is 0.320 e. The van der Waals surface area contributed by atoms with Gasteiger partial charge >= 0.3 is 6.03 Å². The molecule has 1 atom stereocenters. The normalized spacial score (nSPS) is 19.6. The number of urea groups is 1. The van der Waals surface area contributed by atoms with E-state index in [1.807, 2.05) is 0 Å². The van der Waals surface area contributed by atoms with Crippen molar-refractivity contribution in [2.24, 2.45) is 5.73 Å². The Balaban J connectivity index is 1.47. The maximum atomic E-state index is 13.3. The molecule has 2 saturated heterocycles. The summed E-state index contributed by atoms with van der Waals surface area (Å²) in [7, 11) is -4.07. The molecule has 2 aliphatic heterocycles. The number of carbonyl (C=O) groups excluding carboxylic acids is 2. The number of primary amides is 1. The van der Waals surface area contributed by atoms with E-state index in [0.29, 0.717) is 37.8 Å². The fraction of sp³-hybridized carbons (Fsp3) is 0.364. The summed E-state index contributed by atoms with van der Waals surface area (Å²) in [5, 5.41) is 0. The van der Waals surface area contributed by atoms with E-state index >= 15 is 0 Å². The first-order valence-electron chi connectivity index (χ1n) is 10.7. The lowest BCUT2D eigenvalue weighted by Crippen LogP contribution is -2.62. The lowest BCUT2D eigenvalue weighted by molar-refractivity contribution is -0.123. The van der Waals surface area contributed by atoms with E-state index in [0.717, 1.165) is 4.31 Å². The van der Waals surface area contributed by atoms with Crippen LogP contribution in [0.2, 0.25) is 0 Å². The van der Waals surface area contributed by atoms with Crippen LogP contribution in [-0.4, -0.2) is 86.4 Å². The number of morpholine rings is 1. The van der Waals surface area contributed by atoms with Crippen molar-refractivity contribution in [3.05, 3.63) is 54.3 Å². The van der Waals surface area contributed by atoms with Crippen molar-refractivity contribution < 1.29 is 31.9 Å². The van der Waals surface area contributed by atoms with E-state index in [2.05, 4.69) is 0 Å². The largest absolute Gasteiger partial charge is 0.457 e. The van der Waals surface area contributed by atoms with Gasteiger partial charge in [0.15, 0.2) is 0 Å². The van der Waals surface area contributed by atoms with Crippen molar-refractivity contribution in [1.29, 1.82) is 0 Å². The smallest absolute Gasteiger partial charge is 0.320 e. The molecule has 34 heavy (non-hydrogen) atoms. The van der Waals surface area contributed by atoms with Crippen LogP contribution < -0.4 is 10.5 Å². The van der Waals surface area contributed by atoms with Gasteiger partial charge in [0, 0.05) is 32.7 Å². The number of rotatable bonds is 5. The molecule has 2 N–H and O–H groups in total. The Kier molecular flexibility index (Phi) is 7.00. The molecule has 10 nitrogen and oxygen atoms in total. The second-order valence-electron chi connectivity index (χ2n) is 7.89. The average molecular weight is 493 g/mol. The summed E-state index contributed by atoms with van der Waals surface area (Å²) in [5.74, 6) is -0.478. The van der Waals surface area contributed by atoms with Crippen molar-refractivity contribution in [3.63, 3.8) is 0 Å². The lowest BCUT2D eigenvalue weighted by Gasteiger charge is -2.41. The van der Waals surface area contributed by atoms with Crippen LogP contribution in [0.3, 0.4) is 0 Å². The maximum absolute atomic E-state index is 13.3. The molecule has 0 bridgehead atoms. The first-order valence-corrected chi connectivity index (χ1v) is 12.2. The molecular weight excluding hydrogens is 467 g/mol. The standard InChI is InChI=1S/C22H25FN4O6S/c23-16-1-3-17(4-2-16)33-18-5-7-19(8-6-18)34(30,31)27-10-9-26(15-20(27)21(24)28)22(29)25-11-13-32-14-12-25/h1-8,20H,9-15H2,(H2,24,28)/t20-/m1/s1. The van der Waals surface area contributed by atoms with Crippen molar-refractivity contribution in [3.8, 4) is 11.5 Å². The van der Waals surface area contributed by atoms with Gasteiger partial charge in [-0.25, -0.2) is 17.6 Å². The topological polar surface area (TPSA) is 122 Å². The van der Waals surface area contributed by atoms with Gasteiger partial charge in [0.2, 0.25) is 15.9 Å². The molecule has 0 aromatic heterocycles. The fourth-order valence-corrected chi connectivity index (χ4v) is 5.45. The third kappa shape index (κ3) is 5.13. The summed E-state index contributed by atoms with van der Waals surface area (Å²) in [6.45, 7) is 1.66. The summed E-state index contributed by atoms with van der Waals surface area (Å²) in [6.07, 6.45) is 0. The van der Waals surface area contributed by atoms with Crippen LogP contribution in [0, 0.1) is 5.82 Å². The van der Waals surface area contributed by atoms with Gasteiger partial charge in [-0.15, -0.1) is 0 Å². The predicted octanol–water partition coefficient (Wildman–Crippen LogP) is 1.23. The van der Waals surface area contributed by atoms with Crippen LogP contribution in [-0.2, 0) is 19.6 Å². The van der Waals surface area contributed by atoms with E-state index in [4.69, 9.17) is 15.2 Å². The summed E-state index contributed by atoms with van der Waals surface area (Å²) < 4.78 is 51.5. The molecule has 0 aliphatic carbocycles. The highest BCUT2D eigenvalue weighted by atomic mass is 32.2. The number of piperazine rings is 1. The van der Waals surface area contributed by atoms with Crippen LogP contribution in [0.4, 0.5) is 9.18 Å². The molecule has 2 aliphatic rings. The van der Waals surface area contributed by atoms with E-state index < -0.39 is 27.8 Å². The number of halogens is 1. The van der Waals surface area contributed by atoms with E-state index in [9.17, 15) is 22.4 Å². The van der Waals surface area contributed by atoms with Gasteiger partial charge in [-0.05, 0) is 48.5 Å². The minimum absolute atomic E-state index is 0.0434. The van der Waals surface area contributed by atoms with Crippen molar-refractivity contribution in [1.82, 2.24) is 14.1 Å². The van der Waals surface area contributed by atoms with Crippen molar-refractivity contribution in [2.45, 2.75) is 10.9 Å². The zero-order chi connectivity index (χ0) is 24.3. The number of nitrogens with zero attached hydrogens (tertiary/aromatic N) is 3. The van der Waals surface area contributed by atoms with E-state index in [1.54, 1.807) is 4.90 Å². The van der Waals surface area contributed by atoms with Gasteiger partial charge in [0.05, 0.1) is 18.1 Å². The molecule has 3 amide bonds. The summed E-state index contributed by atoms with van der Waals surface area (Å²) in [5.41, 5.74) is 5.53. The number of ether oxygens (including phenoxy) is 2. The van der Waals surface area contributed by atoms with Crippen molar-refractivity contribution in [2.75, 3.05) is 45.9 Å². The summed E-state index contributed by atoms with van der Waals surface area (Å²) >= 11 is 0. The Morgan fingerprint density at radius 2 is 1.50 bits per heavy atom. The van der Waals surface area contributed by atoms with Crippen molar-refractivity contribution >= 4 is 22.0 Å². The van der Waals surface area contributed by atoms with Gasteiger partial charge in [0.1, 0.15) is 23.4 Å². The third-order valence-corrected chi connectivity index (χ3v) is 7.61. The van der Waals surface area contributed by atoms with Crippen LogP contribution in [0.5, 0.6) is 11.5 Å². The number of hydrogen-bond acceptors (Lipinski definition) is 6. The lowest BCUT2D eigenvalue weighted by atomic mass is 10.2. The Morgan fingerprint density at radius 1 is 0.912 bits per heavy atom. The molecule has 12 heteroatoms. The number of benzene rings is 2. The number of amides is 3. The molecule has 0 unspecified atom stereocenters. The Bertz CT molecular complexity index is 1140. The molecular formula is C22H25FN4O6S. The summed E-state index contributed by atoms with van der Waals surface area (Å²) in [6, 6.07) is 9.59. The zero-order valence-electron chi connectivity index (χ0n) is 18.3. The molecule has 182 valence electrons. The summed E-state index contributed by atoms with van der Waals surface area (Å²) in [4.78, 5) is 28.0. The van der Waals surface area contributed by atoms with Gasteiger partial charge in [0.25, 0.3) is 0 Å². The second-order valence-corrected chi connectivity index (χ2v) is 9.78. The quantitative estimate of drug-likeness (QED) is 0.670. The van der Waals surface area contributed by atoms with E-state index in [1.165, 1.54) is 53.4 Å². The van der Waals surface area contributed by atoms with Gasteiger partial charge in [-0.2, -0.15) is 4.31 Å². The number of carbonyl (C=O) groups is 2. The Morgan fingerprint density at radius 3 is 2.09 bits per heavy atom. The average Bonchev–Trinajstić information content (AvgIpc) is 2.85. The van der Waals surface area contributed by atoms with E-state index in [-0.39, 0.29) is 30.6 Å². The minimum Gasteiger partial charge on any atom is -0.457 e. The molecule has 2 aromatic rings. The van der Waals surface area contributed by atoms with Crippen LogP contribution in [0.25, 0.3) is 0 Å². The number of sulfonamides is 1. The van der Waals surface area contributed by atoms with Gasteiger partial charge in [-0.3, -0.25) is 4.79 Å². The molecule has 2 fully saturated rings. The Hall–Kier alpha value is -3.22. The molecule has 0 spiro atoms. The highest BCUT2D eigenvalue weighted by molar-refractivity contribution is 7.89.